The van der Waals surface area contributed by atoms with E-state index in [4.69, 9.17) is 9.94 Å². The number of nitrogens with zero attached hydrogens (tertiary/aromatic N) is 2. The second-order valence-electron chi connectivity index (χ2n) is 3.13. The van der Waals surface area contributed by atoms with E-state index in [9.17, 15) is 0 Å². The van der Waals surface area contributed by atoms with Gasteiger partial charge in [0.25, 0.3) is 0 Å². The third-order valence-electron chi connectivity index (χ3n) is 2.05. The van der Waals surface area contributed by atoms with Gasteiger partial charge in [0.1, 0.15) is 18.6 Å². The molecule has 4 nitrogen and oxygen atoms in total. The van der Waals surface area contributed by atoms with Gasteiger partial charge in [-0.3, -0.25) is 0 Å². The van der Waals surface area contributed by atoms with Crippen LogP contribution in [0.2, 0.25) is 0 Å². The number of rotatable bonds is 4. The van der Waals surface area contributed by atoms with Gasteiger partial charge < -0.3 is 9.94 Å². The molecule has 1 N–H and O–H groups in total. The van der Waals surface area contributed by atoms with Crippen molar-refractivity contribution in [2.45, 2.75) is 13.2 Å². The molecule has 0 aliphatic heterocycles. The summed E-state index contributed by atoms with van der Waals surface area (Å²) in [5.74, 6) is 0. The predicted octanol–water partition coefficient (Wildman–Crippen LogP) is 1.00. The summed E-state index contributed by atoms with van der Waals surface area (Å²) in [6.07, 6.45) is 3.11. The predicted molar refractivity (Wildman–Crippen MR) is 54.9 cm³/mol. The van der Waals surface area contributed by atoms with Crippen molar-refractivity contribution < 1.29 is 9.94 Å². The molecule has 0 aliphatic rings. The van der Waals surface area contributed by atoms with Crippen LogP contribution in [-0.4, -0.2) is 14.8 Å². The largest absolute Gasteiger partial charge is 0.408 e. The smallest absolute Gasteiger partial charge is 0.140 e. The van der Waals surface area contributed by atoms with Gasteiger partial charge in [0.05, 0.1) is 12.8 Å². The summed E-state index contributed by atoms with van der Waals surface area (Å²) >= 11 is 0. The standard InChI is InChI=1S/C11H12N2O2/c14-7-11-6-12-9-13(11)15-8-10-4-2-1-3-5-10/h1-6,9,14H,7-8H2. The van der Waals surface area contributed by atoms with Gasteiger partial charge in [-0.2, -0.15) is 4.73 Å². The number of aliphatic hydroxyl groups is 1. The van der Waals surface area contributed by atoms with E-state index in [0.717, 1.165) is 5.56 Å². The van der Waals surface area contributed by atoms with E-state index in [-0.39, 0.29) is 6.61 Å². The number of hydrogen-bond donors (Lipinski definition) is 1. The quantitative estimate of drug-likeness (QED) is 0.808. The highest BCUT2D eigenvalue weighted by Gasteiger charge is 2.00. The van der Waals surface area contributed by atoms with Crippen molar-refractivity contribution >= 4 is 0 Å². The molecule has 2 aromatic rings. The van der Waals surface area contributed by atoms with Crippen molar-refractivity contribution in [3.05, 3.63) is 54.1 Å². The highest BCUT2D eigenvalue weighted by molar-refractivity contribution is 5.13. The molecule has 0 fully saturated rings. The van der Waals surface area contributed by atoms with Gasteiger partial charge in [-0.1, -0.05) is 30.3 Å². The number of imidazole rings is 1. The highest BCUT2D eigenvalue weighted by Crippen LogP contribution is 2.01. The number of aromatic nitrogens is 2. The molecule has 0 atom stereocenters. The topological polar surface area (TPSA) is 47.3 Å². The lowest BCUT2D eigenvalue weighted by Gasteiger charge is -2.08. The molecular weight excluding hydrogens is 192 g/mol. The van der Waals surface area contributed by atoms with E-state index in [2.05, 4.69) is 4.98 Å². The van der Waals surface area contributed by atoms with Gasteiger partial charge in [0.2, 0.25) is 0 Å². The summed E-state index contributed by atoms with van der Waals surface area (Å²) in [5.41, 5.74) is 1.72. The zero-order valence-corrected chi connectivity index (χ0v) is 8.21. The van der Waals surface area contributed by atoms with Crippen LogP contribution in [0.15, 0.2) is 42.9 Å². The zero-order chi connectivity index (χ0) is 10.5. The Bertz CT molecular complexity index is 412. The average molecular weight is 204 g/mol. The lowest BCUT2D eigenvalue weighted by Crippen LogP contribution is -2.12. The Kier molecular flexibility index (Phi) is 2.99. The molecular formula is C11H12N2O2. The maximum absolute atomic E-state index is 8.96. The Morgan fingerprint density at radius 2 is 2.07 bits per heavy atom. The maximum atomic E-state index is 8.96. The summed E-state index contributed by atoms with van der Waals surface area (Å²) < 4.78 is 1.48. The fraction of sp³-hybridized carbons (Fsp3) is 0.182. The van der Waals surface area contributed by atoms with E-state index in [0.29, 0.717) is 12.3 Å². The molecule has 15 heavy (non-hydrogen) atoms. The molecule has 78 valence electrons. The molecule has 0 unspecified atom stereocenters. The summed E-state index contributed by atoms with van der Waals surface area (Å²) in [6.45, 7) is 0.388. The molecule has 1 aromatic heterocycles. The van der Waals surface area contributed by atoms with Crippen LogP contribution in [0.3, 0.4) is 0 Å². The van der Waals surface area contributed by atoms with Crippen LogP contribution < -0.4 is 4.84 Å². The number of benzene rings is 1. The summed E-state index contributed by atoms with van der Waals surface area (Å²) in [6, 6.07) is 9.84. The average Bonchev–Trinajstić information content (AvgIpc) is 2.75. The van der Waals surface area contributed by atoms with Gasteiger partial charge in [-0.05, 0) is 5.56 Å². The minimum atomic E-state index is -0.0746. The molecule has 0 amide bonds. The Morgan fingerprint density at radius 1 is 1.27 bits per heavy atom. The number of aliphatic hydroxyl groups excluding tert-OH is 1. The molecule has 0 spiro atoms. The van der Waals surface area contributed by atoms with Gasteiger partial charge in [-0.25, -0.2) is 4.98 Å². The Morgan fingerprint density at radius 3 is 2.80 bits per heavy atom. The molecule has 0 aliphatic carbocycles. The molecule has 0 radical (unpaired) electrons. The van der Waals surface area contributed by atoms with E-state index in [1.807, 2.05) is 30.3 Å². The van der Waals surface area contributed by atoms with Gasteiger partial charge in [0, 0.05) is 0 Å². The Balaban J connectivity index is 1.99. The van der Waals surface area contributed by atoms with Crippen molar-refractivity contribution in [2.75, 3.05) is 0 Å². The Hall–Kier alpha value is -1.81. The molecule has 1 heterocycles. The first kappa shape index (κ1) is 9.73. The minimum absolute atomic E-state index is 0.0746. The van der Waals surface area contributed by atoms with Crippen molar-refractivity contribution in [3.63, 3.8) is 0 Å². The van der Waals surface area contributed by atoms with E-state index >= 15 is 0 Å². The van der Waals surface area contributed by atoms with Crippen molar-refractivity contribution in [3.8, 4) is 0 Å². The van der Waals surface area contributed by atoms with E-state index in [1.54, 1.807) is 6.20 Å². The van der Waals surface area contributed by atoms with Crippen LogP contribution in [0.4, 0.5) is 0 Å². The third kappa shape index (κ3) is 2.35. The SMILES string of the molecule is OCc1cncn1OCc1ccccc1. The molecule has 0 saturated heterocycles. The molecule has 1 aromatic carbocycles. The highest BCUT2D eigenvalue weighted by atomic mass is 16.7. The Labute approximate surface area is 87.7 Å². The van der Waals surface area contributed by atoms with Crippen LogP contribution in [0.1, 0.15) is 11.3 Å². The first-order valence-corrected chi connectivity index (χ1v) is 4.69. The fourth-order valence-corrected chi connectivity index (χ4v) is 1.26. The van der Waals surface area contributed by atoms with Crippen LogP contribution in [0.5, 0.6) is 0 Å². The molecule has 4 heteroatoms. The minimum Gasteiger partial charge on any atom is -0.408 e. The second-order valence-corrected chi connectivity index (χ2v) is 3.13. The summed E-state index contributed by atoms with van der Waals surface area (Å²) in [4.78, 5) is 9.33. The maximum Gasteiger partial charge on any atom is 0.140 e. The van der Waals surface area contributed by atoms with E-state index < -0.39 is 0 Å². The van der Waals surface area contributed by atoms with Gasteiger partial charge in [-0.15, -0.1) is 0 Å². The van der Waals surface area contributed by atoms with Crippen molar-refractivity contribution in [1.82, 2.24) is 9.71 Å². The first-order valence-electron chi connectivity index (χ1n) is 4.69. The number of hydrogen-bond acceptors (Lipinski definition) is 3. The molecule has 2 rings (SSSR count). The monoisotopic (exact) mass is 204 g/mol. The van der Waals surface area contributed by atoms with Crippen molar-refractivity contribution in [2.24, 2.45) is 0 Å². The van der Waals surface area contributed by atoms with Crippen LogP contribution in [0.25, 0.3) is 0 Å². The summed E-state index contributed by atoms with van der Waals surface area (Å²) in [7, 11) is 0. The van der Waals surface area contributed by atoms with E-state index in [1.165, 1.54) is 11.1 Å². The molecule has 0 bridgehead atoms. The lowest BCUT2D eigenvalue weighted by molar-refractivity contribution is 0.0813. The second kappa shape index (κ2) is 4.61. The van der Waals surface area contributed by atoms with Crippen LogP contribution in [-0.2, 0) is 13.2 Å². The third-order valence-corrected chi connectivity index (χ3v) is 2.05. The zero-order valence-electron chi connectivity index (χ0n) is 8.21. The fourth-order valence-electron chi connectivity index (χ4n) is 1.26. The summed E-state index contributed by atoms with van der Waals surface area (Å²) in [5, 5.41) is 8.96. The van der Waals surface area contributed by atoms with Crippen molar-refractivity contribution in [1.29, 1.82) is 0 Å². The van der Waals surface area contributed by atoms with Crippen LogP contribution >= 0.6 is 0 Å². The van der Waals surface area contributed by atoms with Gasteiger partial charge in [0.15, 0.2) is 0 Å². The first-order chi connectivity index (χ1) is 7.40. The van der Waals surface area contributed by atoms with Gasteiger partial charge >= 0.3 is 0 Å². The molecule has 0 saturated carbocycles. The van der Waals surface area contributed by atoms with Crippen LogP contribution in [0, 0.1) is 0 Å². The normalized spacial score (nSPS) is 10.2. The lowest BCUT2D eigenvalue weighted by atomic mass is 10.2.